The fourth-order valence-corrected chi connectivity index (χ4v) is 6.03. The third kappa shape index (κ3) is 5.08. The zero-order chi connectivity index (χ0) is 28.1. The molecule has 1 aliphatic heterocycles. The van der Waals surface area contributed by atoms with E-state index >= 15 is 0 Å². The monoisotopic (exact) mass is 531 g/mol. The second-order valence-electron chi connectivity index (χ2n) is 10.5. The third-order valence-corrected chi connectivity index (χ3v) is 8.07. The first-order valence-electron chi connectivity index (χ1n) is 14.0. The summed E-state index contributed by atoms with van der Waals surface area (Å²) in [4.78, 5) is 32.7. The first kappa shape index (κ1) is 27.1. The highest BCUT2D eigenvalue weighted by atomic mass is 16.4. The SMILES string of the molecule is CCCCC1=N/C(=C(/C#N)C(=O)c2ccccc2)C2(CCCC2)N1Cc1ccc(-c2ccccc2C(=O)O)cc1. The number of allylic oxidation sites excluding steroid dienone is 1. The maximum atomic E-state index is 13.5. The lowest BCUT2D eigenvalue weighted by Crippen LogP contribution is -2.46. The van der Waals surface area contributed by atoms with Crippen LogP contribution in [0.1, 0.15) is 78.1 Å². The van der Waals surface area contributed by atoms with Crippen molar-refractivity contribution in [1.82, 2.24) is 4.90 Å². The van der Waals surface area contributed by atoms with Gasteiger partial charge in [-0.2, -0.15) is 5.26 Å². The first-order chi connectivity index (χ1) is 19.5. The van der Waals surface area contributed by atoms with Crippen molar-refractivity contribution in [3.8, 4) is 17.2 Å². The van der Waals surface area contributed by atoms with Crippen LogP contribution < -0.4 is 0 Å². The van der Waals surface area contributed by atoms with E-state index in [1.165, 1.54) is 0 Å². The number of Topliss-reactive ketones (excluding diaryl/α,β-unsaturated/α-hetero) is 1. The molecule has 1 heterocycles. The number of nitrogens with zero attached hydrogens (tertiary/aromatic N) is 3. The summed E-state index contributed by atoms with van der Waals surface area (Å²) in [6.45, 7) is 2.75. The molecule has 0 radical (unpaired) electrons. The molecule has 202 valence electrons. The van der Waals surface area contributed by atoms with Gasteiger partial charge >= 0.3 is 5.97 Å². The highest BCUT2D eigenvalue weighted by Gasteiger charge is 2.50. The molecule has 1 spiro atoms. The van der Waals surface area contributed by atoms with Crippen LogP contribution in [0.4, 0.5) is 0 Å². The Bertz CT molecular complexity index is 1510. The molecule has 6 nitrogen and oxygen atoms in total. The number of aliphatic imine (C=N–C) groups is 1. The number of hydrogen-bond acceptors (Lipinski definition) is 5. The van der Waals surface area contributed by atoms with Crippen LogP contribution in [-0.4, -0.2) is 33.1 Å². The molecular formula is C34H33N3O3. The Balaban J connectivity index is 1.53. The lowest BCUT2D eigenvalue weighted by atomic mass is 9.86. The van der Waals surface area contributed by atoms with Crippen molar-refractivity contribution in [2.24, 2.45) is 4.99 Å². The average Bonchev–Trinajstić information content (AvgIpc) is 3.59. The Morgan fingerprint density at radius 3 is 2.30 bits per heavy atom. The minimum atomic E-state index is -0.950. The lowest BCUT2D eigenvalue weighted by molar-refractivity contribution is 0.0697. The summed E-state index contributed by atoms with van der Waals surface area (Å²) in [5.74, 6) is -0.284. The van der Waals surface area contributed by atoms with E-state index < -0.39 is 11.5 Å². The largest absolute Gasteiger partial charge is 0.478 e. The number of carbonyl (C=O) groups is 2. The number of carboxylic acid groups (broad SMARTS) is 1. The molecule has 1 saturated carbocycles. The number of ketones is 1. The van der Waals surface area contributed by atoms with Gasteiger partial charge in [0.25, 0.3) is 0 Å². The van der Waals surface area contributed by atoms with Crippen LogP contribution in [0.3, 0.4) is 0 Å². The highest BCUT2D eigenvalue weighted by Crippen LogP contribution is 2.48. The van der Waals surface area contributed by atoms with Gasteiger partial charge in [-0.1, -0.05) is 99.0 Å². The molecule has 5 rings (SSSR count). The summed E-state index contributed by atoms with van der Waals surface area (Å²) >= 11 is 0. The molecular weight excluding hydrogens is 498 g/mol. The summed E-state index contributed by atoms with van der Waals surface area (Å²) in [6.07, 6.45) is 6.49. The minimum Gasteiger partial charge on any atom is -0.478 e. The van der Waals surface area contributed by atoms with Crippen molar-refractivity contribution < 1.29 is 14.7 Å². The van der Waals surface area contributed by atoms with Crippen molar-refractivity contribution >= 4 is 17.6 Å². The Labute approximate surface area is 235 Å². The van der Waals surface area contributed by atoms with E-state index in [1.54, 1.807) is 24.3 Å². The predicted molar refractivity (Wildman–Crippen MR) is 156 cm³/mol. The van der Waals surface area contributed by atoms with E-state index in [0.29, 0.717) is 23.4 Å². The van der Waals surface area contributed by atoms with Gasteiger partial charge in [0.15, 0.2) is 0 Å². The van der Waals surface area contributed by atoms with E-state index in [-0.39, 0.29) is 16.9 Å². The minimum absolute atomic E-state index is 0.144. The van der Waals surface area contributed by atoms with Crippen LogP contribution in [0, 0.1) is 11.3 Å². The molecule has 0 saturated heterocycles. The maximum Gasteiger partial charge on any atom is 0.336 e. The van der Waals surface area contributed by atoms with E-state index in [9.17, 15) is 20.0 Å². The first-order valence-corrected chi connectivity index (χ1v) is 14.0. The number of hydrogen-bond donors (Lipinski definition) is 1. The molecule has 2 aliphatic rings. The molecule has 3 aromatic carbocycles. The molecule has 0 amide bonds. The van der Waals surface area contributed by atoms with Crippen LogP contribution in [0.5, 0.6) is 0 Å². The van der Waals surface area contributed by atoms with E-state index in [0.717, 1.165) is 61.9 Å². The second-order valence-corrected chi connectivity index (χ2v) is 10.5. The van der Waals surface area contributed by atoms with Crippen molar-refractivity contribution in [2.45, 2.75) is 64.0 Å². The predicted octanol–water partition coefficient (Wildman–Crippen LogP) is 7.43. The number of carbonyl (C=O) groups excluding carboxylic acids is 1. The normalized spacial score (nSPS) is 17.0. The molecule has 3 aromatic rings. The van der Waals surface area contributed by atoms with E-state index in [2.05, 4.69) is 17.9 Å². The number of amidine groups is 1. The summed E-state index contributed by atoms with van der Waals surface area (Å²) in [5, 5.41) is 19.9. The van der Waals surface area contributed by atoms with Gasteiger partial charge in [0.1, 0.15) is 17.5 Å². The third-order valence-electron chi connectivity index (χ3n) is 8.07. The maximum absolute atomic E-state index is 13.5. The topological polar surface area (TPSA) is 93.8 Å². The molecule has 0 atom stereocenters. The van der Waals surface area contributed by atoms with Gasteiger partial charge in [0, 0.05) is 18.5 Å². The summed E-state index contributed by atoms with van der Waals surface area (Å²) in [7, 11) is 0. The van der Waals surface area contributed by atoms with Crippen molar-refractivity contribution in [1.29, 1.82) is 5.26 Å². The fraction of sp³-hybridized carbons (Fsp3) is 0.294. The smallest absolute Gasteiger partial charge is 0.336 e. The summed E-state index contributed by atoms with van der Waals surface area (Å²) < 4.78 is 0. The van der Waals surface area contributed by atoms with Gasteiger partial charge in [-0.25, -0.2) is 9.79 Å². The van der Waals surface area contributed by atoms with Gasteiger partial charge in [-0.15, -0.1) is 0 Å². The Morgan fingerprint density at radius 2 is 1.65 bits per heavy atom. The van der Waals surface area contributed by atoms with Crippen LogP contribution in [0.2, 0.25) is 0 Å². The second kappa shape index (κ2) is 11.7. The standard InChI is InChI=1S/C34H33N3O3/c1-2-3-15-30-36-32(29(22-35)31(38)26-11-5-4-6-12-26)34(20-9-10-21-34)37(30)23-24-16-18-25(19-17-24)27-13-7-8-14-28(27)33(39)40/h4-8,11-14,16-19H,2-3,9-10,15,20-21,23H2,1H3,(H,39,40)/b32-29-. The van der Waals surface area contributed by atoms with Crippen molar-refractivity contribution in [2.75, 3.05) is 0 Å². The molecule has 1 N–H and O–H groups in total. The summed E-state index contributed by atoms with van der Waals surface area (Å²) in [5.41, 5.74) is 3.66. The van der Waals surface area contributed by atoms with Gasteiger partial charge in [0.2, 0.25) is 5.78 Å². The van der Waals surface area contributed by atoms with E-state index in [4.69, 9.17) is 4.99 Å². The van der Waals surface area contributed by atoms with Crippen molar-refractivity contribution in [3.05, 3.63) is 107 Å². The molecule has 0 bridgehead atoms. The summed E-state index contributed by atoms with van der Waals surface area (Å²) in [6, 6.07) is 26.3. The average molecular weight is 532 g/mol. The number of unbranched alkanes of at least 4 members (excludes halogenated alkanes) is 1. The molecule has 40 heavy (non-hydrogen) atoms. The molecule has 0 unspecified atom stereocenters. The zero-order valence-corrected chi connectivity index (χ0v) is 22.8. The van der Waals surface area contributed by atoms with Gasteiger partial charge in [0.05, 0.1) is 16.8 Å². The number of benzene rings is 3. The highest BCUT2D eigenvalue weighted by molar-refractivity contribution is 6.12. The Kier molecular flexibility index (Phi) is 7.93. The Hall–Kier alpha value is -4.50. The number of carboxylic acids is 1. The number of nitriles is 1. The molecule has 6 heteroatoms. The van der Waals surface area contributed by atoms with Crippen LogP contribution in [-0.2, 0) is 6.54 Å². The van der Waals surface area contributed by atoms with Crippen LogP contribution in [0.25, 0.3) is 11.1 Å². The number of aromatic carboxylic acids is 1. The zero-order valence-electron chi connectivity index (χ0n) is 22.8. The van der Waals surface area contributed by atoms with Gasteiger partial charge < -0.3 is 10.0 Å². The van der Waals surface area contributed by atoms with E-state index in [1.807, 2.05) is 54.6 Å². The fourth-order valence-electron chi connectivity index (χ4n) is 6.03. The van der Waals surface area contributed by atoms with Crippen LogP contribution >= 0.6 is 0 Å². The molecule has 0 aromatic heterocycles. The molecule has 1 fully saturated rings. The quantitative estimate of drug-likeness (QED) is 0.176. The van der Waals surface area contributed by atoms with Gasteiger partial charge in [-0.05, 0) is 42.0 Å². The van der Waals surface area contributed by atoms with Gasteiger partial charge in [-0.3, -0.25) is 4.79 Å². The lowest BCUT2D eigenvalue weighted by Gasteiger charge is -2.38. The van der Waals surface area contributed by atoms with Crippen molar-refractivity contribution in [3.63, 3.8) is 0 Å². The Morgan fingerprint density at radius 1 is 0.975 bits per heavy atom. The number of rotatable bonds is 9. The van der Waals surface area contributed by atoms with Crippen LogP contribution in [0.15, 0.2) is 95.1 Å². The molecule has 1 aliphatic carbocycles.